The molecule has 72 valence electrons. The largest absolute Gasteiger partial charge is 0.464 e. The molecule has 0 aliphatic rings. The Labute approximate surface area is 77.6 Å². The number of amides is 1. The zero-order valence-electron chi connectivity index (χ0n) is 7.79. The van der Waals surface area contributed by atoms with Crippen LogP contribution in [0.4, 0.5) is 0 Å². The first kappa shape index (κ1) is 11.5. The van der Waals surface area contributed by atoms with Gasteiger partial charge in [0.05, 0.1) is 6.61 Å². The third-order valence-electron chi connectivity index (χ3n) is 1.27. The topological polar surface area (TPSA) is 55.4 Å². The van der Waals surface area contributed by atoms with Crippen molar-refractivity contribution in [1.29, 1.82) is 0 Å². The molecule has 0 aromatic heterocycles. The van der Waals surface area contributed by atoms with E-state index in [1.54, 1.807) is 6.92 Å². The molecule has 0 bridgehead atoms. The summed E-state index contributed by atoms with van der Waals surface area (Å²) in [4.78, 5) is 21.8. The SMILES string of the molecule is C#CCC(NC(C)=O)C(=O)OCC. The Morgan fingerprint density at radius 1 is 1.62 bits per heavy atom. The van der Waals surface area contributed by atoms with Crippen LogP contribution in [0.5, 0.6) is 0 Å². The highest BCUT2D eigenvalue weighted by Crippen LogP contribution is 1.94. The molecule has 0 aliphatic carbocycles. The lowest BCUT2D eigenvalue weighted by Gasteiger charge is -2.13. The number of esters is 1. The van der Waals surface area contributed by atoms with Crippen LogP contribution in [0.3, 0.4) is 0 Å². The van der Waals surface area contributed by atoms with Crippen molar-refractivity contribution in [3.05, 3.63) is 0 Å². The van der Waals surface area contributed by atoms with Crippen molar-refractivity contribution in [2.45, 2.75) is 26.3 Å². The molecule has 0 saturated carbocycles. The first-order valence-corrected chi connectivity index (χ1v) is 3.99. The van der Waals surface area contributed by atoms with E-state index in [-0.39, 0.29) is 18.9 Å². The van der Waals surface area contributed by atoms with Crippen molar-refractivity contribution < 1.29 is 14.3 Å². The van der Waals surface area contributed by atoms with Crippen molar-refractivity contribution in [2.75, 3.05) is 6.61 Å². The Morgan fingerprint density at radius 3 is 2.62 bits per heavy atom. The van der Waals surface area contributed by atoms with Gasteiger partial charge in [-0.15, -0.1) is 12.3 Å². The Bertz CT molecular complexity index is 230. The summed E-state index contributed by atoms with van der Waals surface area (Å²) in [6.07, 6.45) is 5.18. The zero-order chi connectivity index (χ0) is 10.3. The summed E-state index contributed by atoms with van der Waals surface area (Å²) < 4.78 is 4.71. The minimum absolute atomic E-state index is 0.151. The predicted molar refractivity (Wildman–Crippen MR) is 47.7 cm³/mol. The zero-order valence-corrected chi connectivity index (χ0v) is 7.79. The van der Waals surface area contributed by atoms with Crippen LogP contribution in [-0.4, -0.2) is 24.5 Å². The number of rotatable bonds is 4. The van der Waals surface area contributed by atoms with Gasteiger partial charge >= 0.3 is 5.97 Å². The number of nitrogens with one attached hydrogen (secondary N) is 1. The summed E-state index contributed by atoms with van der Waals surface area (Å²) >= 11 is 0. The predicted octanol–water partition coefficient (Wildman–Crippen LogP) is 0.0775. The van der Waals surface area contributed by atoms with E-state index in [2.05, 4.69) is 11.2 Å². The number of hydrogen-bond donors (Lipinski definition) is 1. The fraction of sp³-hybridized carbons (Fsp3) is 0.556. The highest BCUT2D eigenvalue weighted by molar-refractivity contribution is 5.83. The highest BCUT2D eigenvalue weighted by atomic mass is 16.5. The van der Waals surface area contributed by atoms with Crippen molar-refractivity contribution >= 4 is 11.9 Å². The van der Waals surface area contributed by atoms with Crippen LogP contribution in [0.2, 0.25) is 0 Å². The van der Waals surface area contributed by atoms with Gasteiger partial charge in [-0.25, -0.2) is 4.79 Å². The van der Waals surface area contributed by atoms with E-state index >= 15 is 0 Å². The molecule has 1 unspecified atom stereocenters. The van der Waals surface area contributed by atoms with Crippen molar-refractivity contribution in [1.82, 2.24) is 5.32 Å². The lowest BCUT2D eigenvalue weighted by molar-refractivity contribution is -0.147. The molecular weight excluding hydrogens is 170 g/mol. The van der Waals surface area contributed by atoms with Gasteiger partial charge in [0, 0.05) is 13.3 Å². The van der Waals surface area contributed by atoms with E-state index in [1.165, 1.54) is 6.92 Å². The van der Waals surface area contributed by atoms with E-state index in [9.17, 15) is 9.59 Å². The fourth-order valence-corrected chi connectivity index (χ4v) is 0.799. The molecule has 0 heterocycles. The third-order valence-corrected chi connectivity index (χ3v) is 1.27. The van der Waals surface area contributed by atoms with Crippen molar-refractivity contribution in [3.8, 4) is 12.3 Å². The Hall–Kier alpha value is -1.50. The van der Waals surface area contributed by atoms with Gasteiger partial charge in [0.25, 0.3) is 0 Å². The maximum Gasteiger partial charge on any atom is 0.329 e. The van der Waals surface area contributed by atoms with E-state index in [1.807, 2.05) is 0 Å². The minimum atomic E-state index is -0.720. The minimum Gasteiger partial charge on any atom is -0.464 e. The monoisotopic (exact) mass is 183 g/mol. The summed E-state index contributed by atoms with van der Waals surface area (Å²) in [6.45, 7) is 3.29. The van der Waals surface area contributed by atoms with Crippen molar-refractivity contribution in [3.63, 3.8) is 0 Å². The molecule has 4 nitrogen and oxygen atoms in total. The van der Waals surface area contributed by atoms with Crippen LogP contribution >= 0.6 is 0 Å². The van der Waals surface area contributed by atoms with E-state index in [0.29, 0.717) is 0 Å². The lowest BCUT2D eigenvalue weighted by Crippen LogP contribution is -2.40. The molecule has 0 rings (SSSR count). The number of ether oxygens (including phenoxy) is 1. The van der Waals surface area contributed by atoms with E-state index in [4.69, 9.17) is 11.2 Å². The average molecular weight is 183 g/mol. The smallest absolute Gasteiger partial charge is 0.329 e. The second kappa shape index (κ2) is 6.06. The molecule has 0 saturated heterocycles. The van der Waals surface area contributed by atoms with Crippen LogP contribution in [0.25, 0.3) is 0 Å². The molecule has 0 radical (unpaired) electrons. The van der Waals surface area contributed by atoms with Crippen LogP contribution in [-0.2, 0) is 14.3 Å². The van der Waals surface area contributed by atoms with Gasteiger partial charge in [-0.1, -0.05) is 0 Å². The average Bonchev–Trinajstić information content (AvgIpc) is 2.03. The summed E-state index contributed by atoms with van der Waals surface area (Å²) in [5.74, 6) is 1.51. The Kier molecular flexibility index (Phi) is 5.37. The molecule has 0 spiro atoms. The van der Waals surface area contributed by atoms with Gasteiger partial charge in [0.1, 0.15) is 6.04 Å². The quantitative estimate of drug-likeness (QED) is 0.496. The molecular formula is C9H13NO3. The van der Waals surface area contributed by atoms with E-state index in [0.717, 1.165) is 0 Å². The standard InChI is InChI=1S/C9H13NO3/c1-4-6-8(10-7(3)11)9(12)13-5-2/h1,8H,5-6H2,2-3H3,(H,10,11). The molecule has 1 N–H and O–H groups in total. The fourth-order valence-electron chi connectivity index (χ4n) is 0.799. The number of terminal acetylenes is 1. The van der Waals surface area contributed by atoms with Gasteiger partial charge < -0.3 is 10.1 Å². The normalized spacial score (nSPS) is 11.2. The second-order valence-corrected chi connectivity index (χ2v) is 2.41. The molecule has 0 aromatic carbocycles. The Morgan fingerprint density at radius 2 is 2.23 bits per heavy atom. The van der Waals surface area contributed by atoms with Gasteiger partial charge in [0.15, 0.2) is 0 Å². The summed E-state index contributed by atoms with van der Waals surface area (Å²) in [6, 6.07) is -0.720. The van der Waals surface area contributed by atoms with Crippen LogP contribution in [0.1, 0.15) is 20.3 Å². The highest BCUT2D eigenvalue weighted by Gasteiger charge is 2.18. The molecule has 13 heavy (non-hydrogen) atoms. The van der Waals surface area contributed by atoms with Gasteiger partial charge in [-0.3, -0.25) is 4.79 Å². The van der Waals surface area contributed by atoms with Gasteiger partial charge in [-0.05, 0) is 6.92 Å². The van der Waals surface area contributed by atoms with Gasteiger partial charge in [-0.2, -0.15) is 0 Å². The maximum absolute atomic E-state index is 11.1. The number of hydrogen-bond acceptors (Lipinski definition) is 3. The first-order chi connectivity index (χ1) is 6.11. The molecule has 0 aromatic rings. The number of carbonyl (C=O) groups excluding carboxylic acids is 2. The summed E-state index contributed by atoms with van der Waals surface area (Å²) in [5.41, 5.74) is 0. The summed E-state index contributed by atoms with van der Waals surface area (Å²) in [5, 5.41) is 2.41. The molecule has 0 aliphatic heterocycles. The molecule has 4 heteroatoms. The first-order valence-electron chi connectivity index (χ1n) is 3.99. The molecule has 0 fully saturated rings. The maximum atomic E-state index is 11.1. The van der Waals surface area contributed by atoms with Crippen LogP contribution < -0.4 is 5.32 Å². The second-order valence-electron chi connectivity index (χ2n) is 2.41. The van der Waals surface area contributed by atoms with Crippen LogP contribution in [0.15, 0.2) is 0 Å². The molecule has 1 atom stereocenters. The van der Waals surface area contributed by atoms with E-state index < -0.39 is 12.0 Å². The third kappa shape index (κ3) is 4.86. The van der Waals surface area contributed by atoms with Crippen molar-refractivity contribution in [2.24, 2.45) is 0 Å². The molecule has 1 amide bonds. The number of carbonyl (C=O) groups is 2. The Balaban J connectivity index is 4.16. The lowest BCUT2D eigenvalue weighted by atomic mass is 10.2. The van der Waals surface area contributed by atoms with Crippen LogP contribution in [0, 0.1) is 12.3 Å². The summed E-state index contributed by atoms with van der Waals surface area (Å²) in [7, 11) is 0. The van der Waals surface area contributed by atoms with Gasteiger partial charge in [0.2, 0.25) is 5.91 Å².